The van der Waals surface area contributed by atoms with Crippen LogP contribution < -0.4 is 5.73 Å². The number of hydrogen-bond donors (Lipinski definition) is 1. The molecule has 3 saturated heterocycles. The maximum Gasteiger partial charge on any atom is 0.242 e. The van der Waals surface area contributed by atoms with Crippen molar-refractivity contribution in [2.45, 2.75) is 68.9 Å². The second kappa shape index (κ2) is 7.57. The number of nitrogens with zero attached hydrogens (tertiary/aromatic N) is 4. The molecule has 31 heavy (non-hydrogen) atoms. The van der Waals surface area contributed by atoms with Crippen LogP contribution in [-0.2, 0) is 9.59 Å². The van der Waals surface area contributed by atoms with Crippen LogP contribution in [0.2, 0.25) is 0 Å². The number of piperidine rings is 1. The molecule has 1 aromatic carbocycles. The highest BCUT2D eigenvalue weighted by atomic mass is 19.1. The monoisotopic (exact) mass is 425 g/mol. The van der Waals surface area contributed by atoms with E-state index in [1.54, 1.807) is 17.0 Å². The molecule has 3 heterocycles. The fraction of sp³-hybridized carbons (Fsp3) is 0.609. The van der Waals surface area contributed by atoms with Crippen molar-refractivity contribution < 1.29 is 14.0 Å². The van der Waals surface area contributed by atoms with Crippen LogP contribution in [0.25, 0.3) is 0 Å². The van der Waals surface area contributed by atoms with Crippen molar-refractivity contribution in [2.75, 3.05) is 13.1 Å². The van der Waals surface area contributed by atoms with E-state index in [1.807, 2.05) is 16.7 Å². The molecular formula is C23H28FN5O2. The molecule has 3 aliphatic heterocycles. The summed E-state index contributed by atoms with van der Waals surface area (Å²) in [7, 11) is 0. The first kappa shape index (κ1) is 20.4. The number of fused-ring (bicyclic) bond motifs is 3. The van der Waals surface area contributed by atoms with Gasteiger partial charge in [0.1, 0.15) is 11.9 Å². The molecule has 0 radical (unpaired) electrons. The van der Waals surface area contributed by atoms with Crippen LogP contribution in [0.4, 0.5) is 4.39 Å². The SMILES string of the molecule is CC[C@@H](c1ccc(F)cc1)N1C(=O)[C@@H]2C[C@H]1CN2C[C@H](N)C(=O)N1C2C[C@H]2C[C@H]1C#N. The molecule has 1 saturated carbocycles. The number of amides is 2. The second-order valence-corrected chi connectivity index (χ2v) is 9.38. The molecule has 1 aromatic rings. The summed E-state index contributed by atoms with van der Waals surface area (Å²) in [4.78, 5) is 31.8. The van der Waals surface area contributed by atoms with Crippen molar-refractivity contribution in [1.82, 2.24) is 14.7 Å². The molecule has 4 fully saturated rings. The van der Waals surface area contributed by atoms with Crippen molar-refractivity contribution >= 4 is 11.8 Å². The summed E-state index contributed by atoms with van der Waals surface area (Å²) in [6, 6.07) is 7.42. The summed E-state index contributed by atoms with van der Waals surface area (Å²) in [5, 5.41) is 9.36. The second-order valence-electron chi connectivity index (χ2n) is 9.38. The fourth-order valence-electron chi connectivity index (χ4n) is 5.99. The van der Waals surface area contributed by atoms with E-state index in [2.05, 4.69) is 6.07 Å². The molecule has 0 spiro atoms. The smallest absolute Gasteiger partial charge is 0.242 e. The first-order valence-electron chi connectivity index (χ1n) is 11.2. The number of nitriles is 1. The summed E-state index contributed by atoms with van der Waals surface area (Å²) in [5.41, 5.74) is 7.22. The molecular weight excluding hydrogens is 397 g/mol. The summed E-state index contributed by atoms with van der Waals surface area (Å²) in [6.07, 6.45) is 3.21. The van der Waals surface area contributed by atoms with Gasteiger partial charge in [0.05, 0.1) is 24.2 Å². The molecule has 4 aliphatic rings. The number of carbonyl (C=O) groups excluding carboxylic acids is 2. The van der Waals surface area contributed by atoms with E-state index in [9.17, 15) is 19.2 Å². The lowest BCUT2D eigenvalue weighted by molar-refractivity contribution is -0.141. The number of benzene rings is 1. The van der Waals surface area contributed by atoms with Gasteiger partial charge in [-0.25, -0.2) is 4.39 Å². The van der Waals surface area contributed by atoms with Gasteiger partial charge in [-0.05, 0) is 49.3 Å². The Bertz CT molecular complexity index is 931. The Balaban J connectivity index is 1.25. The summed E-state index contributed by atoms with van der Waals surface area (Å²) < 4.78 is 13.3. The van der Waals surface area contributed by atoms with Gasteiger partial charge in [0, 0.05) is 25.2 Å². The average molecular weight is 426 g/mol. The third-order valence-electron chi connectivity index (χ3n) is 7.55. The van der Waals surface area contributed by atoms with Gasteiger partial charge in [0.15, 0.2) is 0 Å². The Morgan fingerprint density at radius 1 is 1.29 bits per heavy atom. The zero-order chi connectivity index (χ0) is 21.9. The lowest BCUT2D eigenvalue weighted by atomic mass is 10.0. The highest BCUT2D eigenvalue weighted by Crippen LogP contribution is 2.48. The summed E-state index contributed by atoms with van der Waals surface area (Å²) in [5.74, 6) is 0.0646. The fourth-order valence-corrected chi connectivity index (χ4v) is 5.99. The van der Waals surface area contributed by atoms with Crippen molar-refractivity contribution in [3.63, 3.8) is 0 Å². The number of likely N-dealkylation sites (tertiary alicyclic amines) is 3. The number of carbonyl (C=O) groups is 2. The van der Waals surface area contributed by atoms with Gasteiger partial charge >= 0.3 is 0 Å². The Labute approximate surface area is 181 Å². The average Bonchev–Trinajstić information content (AvgIpc) is 3.10. The van der Waals surface area contributed by atoms with E-state index >= 15 is 0 Å². The van der Waals surface area contributed by atoms with Gasteiger partial charge in [0.25, 0.3) is 0 Å². The highest BCUT2D eigenvalue weighted by Gasteiger charge is 2.56. The zero-order valence-electron chi connectivity index (χ0n) is 17.7. The first-order valence-corrected chi connectivity index (χ1v) is 11.2. The van der Waals surface area contributed by atoms with Crippen molar-refractivity contribution in [1.29, 1.82) is 5.26 Å². The maximum atomic E-state index is 13.3. The Kier molecular flexibility index (Phi) is 4.98. The van der Waals surface area contributed by atoms with Crippen molar-refractivity contribution in [3.05, 3.63) is 35.6 Å². The van der Waals surface area contributed by atoms with Gasteiger partial charge in [-0.2, -0.15) is 5.26 Å². The highest BCUT2D eigenvalue weighted by molar-refractivity contribution is 5.87. The number of halogens is 1. The topological polar surface area (TPSA) is 93.7 Å². The Morgan fingerprint density at radius 2 is 2.03 bits per heavy atom. The molecule has 164 valence electrons. The maximum absolute atomic E-state index is 13.3. The molecule has 7 nitrogen and oxygen atoms in total. The molecule has 2 N–H and O–H groups in total. The predicted molar refractivity (Wildman–Crippen MR) is 111 cm³/mol. The first-order chi connectivity index (χ1) is 14.9. The Hall–Kier alpha value is -2.50. The minimum absolute atomic E-state index is 0.0606. The predicted octanol–water partition coefficient (Wildman–Crippen LogP) is 1.40. The van der Waals surface area contributed by atoms with Crippen LogP contribution in [0.3, 0.4) is 0 Å². The molecule has 2 bridgehead atoms. The van der Waals surface area contributed by atoms with E-state index in [1.165, 1.54) is 12.1 Å². The zero-order valence-corrected chi connectivity index (χ0v) is 17.7. The van der Waals surface area contributed by atoms with E-state index in [0.717, 1.165) is 31.2 Å². The molecule has 2 amide bonds. The van der Waals surface area contributed by atoms with Gasteiger partial charge in [0.2, 0.25) is 11.8 Å². The Morgan fingerprint density at radius 3 is 2.68 bits per heavy atom. The van der Waals surface area contributed by atoms with Crippen molar-refractivity contribution in [3.8, 4) is 6.07 Å². The number of piperazine rings is 1. The van der Waals surface area contributed by atoms with Gasteiger partial charge in [-0.1, -0.05) is 19.1 Å². The minimum atomic E-state index is -0.727. The van der Waals surface area contributed by atoms with E-state index < -0.39 is 6.04 Å². The standard InChI is InChI=1S/C23H28FN5O2/c1-2-19(13-3-5-15(24)6-4-13)29-17-9-21(23(29)31)27(11-17)12-18(26)22(30)28-16(10-25)7-14-8-20(14)28/h3-6,14,16-21H,2,7-9,11-12,26H2,1H3/t14-,16+,17+,18+,19+,20?,21+/m1/s1. The van der Waals surface area contributed by atoms with Crippen LogP contribution in [-0.4, -0.2) is 69.8 Å². The normalized spacial score (nSPS) is 33.4. The molecule has 5 rings (SSSR count). The third kappa shape index (κ3) is 3.31. The van der Waals surface area contributed by atoms with Gasteiger partial charge in [-0.15, -0.1) is 0 Å². The van der Waals surface area contributed by atoms with Crippen LogP contribution in [0, 0.1) is 23.1 Å². The third-order valence-corrected chi connectivity index (χ3v) is 7.55. The lowest BCUT2D eigenvalue weighted by Crippen LogP contribution is -2.57. The largest absolute Gasteiger partial charge is 0.330 e. The molecule has 0 aromatic heterocycles. The summed E-state index contributed by atoms with van der Waals surface area (Å²) >= 11 is 0. The summed E-state index contributed by atoms with van der Waals surface area (Å²) in [6.45, 7) is 3.05. The van der Waals surface area contributed by atoms with E-state index in [-0.39, 0.29) is 47.8 Å². The lowest BCUT2D eigenvalue weighted by Gasteiger charge is -2.39. The van der Waals surface area contributed by atoms with Gasteiger partial charge in [-0.3, -0.25) is 14.5 Å². The van der Waals surface area contributed by atoms with E-state index in [0.29, 0.717) is 19.0 Å². The number of rotatable bonds is 6. The minimum Gasteiger partial charge on any atom is -0.330 e. The van der Waals surface area contributed by atoms with Gasteiger partial charge < -0.3 is 15.5 Å². The van der Waals surface area contributed by atoms with Crippen LogP contribution in [0.5, 0.6) is 0 Å². The number of nitrogens with two attached hydrogens (primary N) is 1. The van der Waals surface area contributed by atoms with E-state index in [4.69, 9.17) is 5.73 Å². The number of hydrogen-bond acceptors (Lipinski definition) is 5. The van der Waals surface area contributed by atoms with Crippen molar-refractivity contribution in [2.24, 2.45) is 11.7 Å². The molecule has 8 heteroatoms. The van der Waals surface area contributed by atoms with Crippen LogP contribution in [0.15, 0.2) is 24.3 Å². The molecule has 1 aliphatic carbocycles. The van der Waals surface area contributed by atoms with Crippen LogP contribution >= 0.6 is 0 Å². The molecule has 1 unspecified atom stereocenters. The van der Waals surface area contributed by atoms with Crippen LogP contribution in [0.1, 0.15) is 44.2 Å². The quantitative estimate of drug-likeness (QED) is 0.744. The molecule has 7 atom stereocenters.